The molecule has 1 heterocycles. The van der Waals surface area contributed by atoms with Crippen molar-refractivity contribution in [3.63, 3.8) is 0 Å². The zero-order chi connectivity index (χ0) is 20.8. The van der Waals surface area contributed by atoms with E-state index < -0.39 is 0 Å². The standard InChI is InChI=1S/C24H19FN4O/c25-21-10-4-8-18(12-21)20-15-27-24(28-16-20)29-22-11-5-9-19(13-22)23(30)26-14-17-6-2-1-3-7-17/h1-13,15-16H,14H2,(H,26,30)(H,27,28,29). The van der Waals surface area contributed by atoms with Crippen molar-refractivity contribution >= 4 is 17.5 Å². The third kappa shape index (κ3) is 4.86. The molecule has 0 saturated heterocycles. The van der Waals surface area contributed by atoms with E-state index in [4.69, 9.17) is 0 Å². The van der Waals surface area contributed by atoms with Crippen molar-refractivity contribution in [2.24, 2.45) is 0 Å². The lowest BCUT2D eigenvalue weighted by atomic mass is 10.1. The lowest BCUT2D eigenvalue weighted by Crippen LogP contribution is -2.22. The molecule has 2 N–H and O–H groups in total. The quantitative estimate of drug-likeness (QED) is 0.482. The van der Waals surface area contributed by atoms with Crippen molar-refractivity contribution in [1.82, 2.24) is 15.3 Å². The molecule has 0 atom stereocenters. The molecule has 3 aromatic carbocycles. The van der Waals surface area contributed by atoms with Gasteiger partial charge in [0.25, 0.3) is 5.91 Å². The molecule has 148 valence electrons. The van der Waals surface area contributed by atoms with Gasteiger partial charge in [-0.05, 0) is 41.5 Å². The van der Waals surface area contributed by atoms with Gasteiger partial charge in [-0.2, -0.15) is 0 Å². The second kappa shape index (κ2) is 8.96. The Labute approximate surface area is 173 Å². The number of rotatable bonds is 6. The largest absolute Gasteiger partial charge is 0.348 e. The molecule has 1 amide bonds. The minimum absolute atomic E-state index is 0.162. The molecule has 0 saturated carbocycles. The van der Waals surface area contributed by atoms with Crippen LogP contribution in [0.3, 0.4) is 0 Å². The molecule has 0 spiro atoms. The van der Waals surface area contributed by atoms with E-state index in [-0.39, 0.29) is 11.7 Å². The van der Waals surface area contributed by atoms with E-state index in [0.717, 1.165) is 5.56 Å². The highest BCUT2D eigenvalue weighted by Gasteiger charge is 2.07. The number of hydrogen-bond acceptors (Lipinski definition) is 4. The van der Waals surface area contributed by atoms with E-state index in [1.54, 1.807) is 42.7 Å². The topological polar surface area (TPSA) is 66.9 Å². The Morgan fingerprint density at radius 2 is 1.60 bits per heavy atom. The maximum absolute atomic E-state index is 13.4. The molecule has 0 aliphatic rings. The number of benzene rings is 3. The summed E-state index contributed by atoms with van der Waals surface area (Å²) in [5.41, 5.74) is 3.69. The van der Waals surface area contributed by atoms with E-state index in [1.165, 1.54) is 12.1 Å². The monoisotopic (exact) mass is 398 g/mol. The maximum Gasteiger partial charge on any atom is 0.251 e. The van der Waals surface area contributed by atoms with E-state index >= 15 is 0 Å². The van der Waals surface area contributed by atoms with Crippen LogP contribution in [0.25, 0.3) is 11.1 Å². The van der Waals surface area contributed by atoms with Gasteiger partial charge in [0.2, 0.25) is 5.95 Å². The highest BCUT2D eigenvalue weighted by molar-refractivity contribution is 5.95. The van der Waals surface area contributed by atoms with Gasteiger partial charge in [-0.3, -0.25) is 4.79 Å². The zero-order valence-corrected chi connectivity index (χ0v) is 16.0. The predicted octanol–water partition coefficient (Wildman–Crippen LogP) is 4.96. The zero-order valence-electron chi connectivity index (χ0n) is 16.0. The van der Waals surface area contributed by atoms with E-state index in [0.29, 0.717) is 34.9 Å². The fraction of sp³-hybridized carbons (Fsp3) is 0.0417. The number of carbonyl (C=O) groups is 1. The Kier molecular flexibility index (Phi) is 5.75. The maximum atomic E-state index is 13.4. The average Bonchev–Trinajstić information content (AvgIpc) is 2.79. The smallest absolute Gasteiger partial charge is 0.251 e. The molecule has 5 nitrogen and oxygen atoms in total. The van der Waals surface area contributed by atoms with E-state index in [1.807, 2.05) is 36.4 Å². The van der Waals surface area contributed by atoms with Crippen LogP contribution in [0.15, 0.2) is 91.3 Å². The molecule has 0 aliphatic heterocycles. The second-order valence-electron chi connectivity index (χ2n) is 6.68. The Morgan fingerprint density at radius 1 is 0.833 bits per heavy atom. The SMILES string of the molecule is O=C(NCc1ccccc1)c1cccc(Nc2ncc(-c3cccc(F)c3)cn2)c1. The first-order chi connectivity index (χ1) is 14.7. The third-order valence-corrected chi connectivity index (χ3v) is 4.49. The highest BCUT2D eigenvalue weighted by Crippen LogP contribution is 2.20. The van der Waals surface area contributed by atoms with Crippen molar-refractivity contribution < 1.29 is 9.18 Å². The summed E-state index contributed by atoms with van der Waals surface area (Å²) in [5, 5.41) is 5.99. The molecule has 0 bridgehead atoms. The van der Waals surface area contributed by atoms with Crippen molar-refractivity contribution in [2.45, 2.75) is 6.54 Å². The number of amides is 1. The summed E-state index contributed by atoms with van der Waals surface area (Å²) in [4.78, 5) is 21.0. The number of anilines is 2. The van der Waals surface area contributed by atoms with Crippen molar-refractivity contribution in [2.75, 3.05) is 5.32 Å². The number of nitrogens with one attached hydrogen (secondary N) is 2. The van der Waals surface area contributed by atoms with Gasteiger partial charge < -0.3 is 10.6 Å². The third-order valence-electron chi connectivity index (χ3n) is 4.49. The van der Waals surface area contributed by atoms with Crippen LogP contribution in [0.5, 0.6) is 0 Å². The number of carbonyl (C=O) groups excluding carboxylic acids is 1. The molecule has 6 heteroatoms. The first-order valence-electron chi connectivity index (χ1n) is 9.44. The number of aromatic nitrogens is 2. The number of nitrogens with zero attached hydrogens (tertiary/aromatic N) is 2. The van der Waals surface area contributed by atoms with E-state index in [9.17, 15) is 9.18 Å². The molecule has 4 aromatic rings. The van der Waals surface area contributed by atoms with Gasteiger partial charge in [-0.15, -0.1) is 0 Å². The summed E-state index contributed by atoms with van der Waals surface area (Å²) in [6, 6.07) is 23.1. The lowest BCUT2D eigenvalue weighted by Gasteiger charge is -2.09. The van der Waals surface area contributed by atoms with Gasteiger partial charge in [0, 0.05) is 35.8 Å². The van der Waals surface area contributed by atoms with Crippen LogP contribution in [0.2, 0.25) is 0 Å². The fourth-order valence-corrected chi connectivity index (χ4v) is 2.96. The Hall–Kier alpha value is -4.06. The summed E-state index contributed by atoms with van der Waals surface area (Å²) in [6.07, 6.45) is 3.25. The predicted molar refractivity (Wildman–Crippen MR) is 115 cm³/mol. The highest BCUT2D eigenvalue weighted by atomic mass is 19.1. The average molecular weight is 398 g/mol. The molecule has 0 radical (unpaired) electrons. The summed E-state index contributed by atoms with van der Waals surface area (Å²) in [6.45, 7) is 0.460. The van der Waals surface area contributed by atoms with E-state index in [2.05, 4.69) is 20.6 Å². The van der Waals surface area contributed by atoms with Gasteiger partial charge in [0.05, 0.1) is 0 Å². The Balaban J connectivity index is 1.42. The molecule has 0 unspecified atom stereocenters. The van der Waals surface area contributed by atoms with Crippen molar-refractivity contribution in [1.29, 1.82) is 0 Å². The van der Waals surface area contributed by atoms with Crippen LogP contribution in [-0.4, -0.2) is 15.9 Å². The Bertz CT molecular complexity index is 1150. The van der Waals surface area contributed by atoms with Crippen LogP contribution >= 0.6 is 0 Å². The Morgan fingerprint density at radius 3 is 2.37 bits per heavy atom. The van der Waals surface area contributed by atoms with Crippen LogP contribution in [-0.2, 0) is 6.54 Å². The number of hydrogen-bond donors (Lipinski definition) is 2. The molecule has 30 heavy (non-hydrogen) atoms. The number of halogens is 1. The van der Waals surface area contributed by atoms with Gasteiger partial charge in [0.1, 0.15) is 5.82 Å². The molecule has 0 aliphatic carbocycles. The van der Waals surface area contributed by atoms with Crippen LogP contribution in [0.4, 0.5) is 16.0 Å². The first kappa shape index (κ1) is 19.3. The molecule has 4 rings (SSSR count). The second-order valence-corrected chi connectivity index (χ2v) is 6.68. The van der Waals surface area contributed by atoms with Gasteiger partial charge in [-0.25, -0.2) is 14.4 Å². The lowest BCUT2D eigenvalue weighted by molar-refractivity contribution is 0.0951. The summed E-state index contributed by atoms with van der Waals surface area (Å²) in [5.74, 6) is -0.0843. The molecular weight excluding hydrogens is 379 g/mol. The van der Waals surface area contributed by atoms with Crippen molar-refractivity contribution in [3.8, 4) is 11.1 Å². The fourth-order valence-electron chi connectivity index (χ4n) is 2.96. The van der Waals surface area contributed by atoms with Gasteiger partial charge >= 0.3 is 0 Å². The van der Waals surface area contributed by atoms with Crippen LogP contribution in [0, 0.1) is 5.82 Å². The summed E-state index contributed by atoms with van der Waals surface area (Å²) >= 11 is 0. The van der Waals surface area contributed by atoms with Gasteiger partial charge in [-0.1, -0.05) is 48.5 Å². The molecular formula is C24H19FN4O. The summed E-state index contributed by atoms with van der Waals surface area (Å²) < 4.78 is 13.4. The minimum atomic E-state index is -0.308. The normalized spacial score (nSPS) is 10.4. The van der Waals surface area contributed by atoms with Crippen LogP contribution < -0.4 is 10.6 Å². The molecule has 1 aromatic heterocycles. The van der Waals surface area contributed by atoms with Crippen LogP contribution in [0.1, 0.15) is 15.9 Å². The van der Waals surface area contributed by atoms with Gasteiger partial charge in [0.15, 0.2) is 0 Å². The first-order valence-corrected chi connectivity index (χ1v) is 9.44. The summed E-state index contributed by atoms with van der Waals surface area (Å²) in [7, 11) is 0. The minimum Gasteiger partial charge on any atom is -0.348 e. The molecule has 0 fully saturated rings. The van der Waals surface area contributed by atoms with Crippen molar-refractivity contribution in [3.05, 3.63) is 108 Å².